The SMILES string of the molecule is CCOc1cccc(C(C)NC(=O)Cc2c(C)[nH]c3ccc(F)cc23)c1. The second kappa shape index (κ2) is 7.60. The van der Waals surface area contributed by atoms with Crippen molar-refractivity contribution in [1.82, 2.24) is 10.3 Å². The molecule has 0 aliphatic rings. The zero-order chi connectivity index (χ0) is 18.7. The molecule has 0 aliphatic carbocycles. The minimum absolute atomic E-state index is 0.104. The summed E-state index contributed by atoms with van der Waals surface area (Å²) in [7, 11) is 0. The molecule has 0 aliphatic heterocycles. The van der Waals surface area contributed by atoms with E-state index in [1.165, 1.54) is 12.1 Å². The van der Waals surface area contributed by atoms with E-state index >= 15 is 0 Å². The summed E-state index contributed by atoms with van der Waals surface area (Å²) in [6.45, 7) is 6.37. The maximum Gasteiger partial charge on any atom is 0.224 e. The van der Waals surface area contributed by atoms with Gasteiger partial charge in [-0.2, -0.15) is 0 Å². The van der Waals surface area contributed by atoms with Crippen LogP contribution in [0.25, 0.3) is 10.9 Å². The van der Waals surface area contributed by atoms with Gasteiger partial charge in [0.2, 0.25) is 5.91 Å². The highest BCUT2D eigenvalue weighted by Gasteiger charge is 2.15. The van der Waals surface area contributed by atoms with Gasteiger partial charge in [-0.05, 0) is 62.2 Å². The van der Waals surface area contributed by atoms with Crippen LogP contribution in [0.15, 0.2) is 42.5 Å². The van der Waals surface area contributed by atoms with Crippen molar-refractivity contribution < 1.29 is 13.9 Å². The summed E-state index contributed by atoms with van der Waals surface area (Å²) in [5.74, 6) is 0.376. The molecule has 1 amide bonds. The molecule has 136 valence electrons. The lowest BCUT2D eigenvalue weighted by atomic mass is 10.1. The molecular weight excluding hydrogens is 331 g/mol. The second-order valence-corrected chi connectivity index (χ2v) is 6.39. The van der Waals surface area contributed by atoms with Crippen LogP contribution in [0.1, 0.15) is 36.7 Å². The van der Waals surface area contributed by atoms with Gasteiger partial charge in [-0.3, -0.25) is 4.79 Å². The van der Waals surface area contributed by atoms with E-state index < -0.39 is 0 Å². The van der Waals surface area contributed by atoms with Gasteiger partial charge in [-0.15, -0.1) is 0 Å². The number of aryl methyl sites for hydroxylation is 1. The number of benzene rings is 2. The van der Waals surface area contributed by atoms with Crippen LogP contribution in [0.3, 0.4) is 0 Å². The van der Waals surface area contributed by atoms with Gasteiger partial charge in [0.15, 0.2) is 0 Å². The molecule has 0 fully saturated rings. The quantitative estimate of drug-likeness (QED) is 0.688. The number of ether oxygens (including phenoxy) is 1. The monoisotopic (exact) mass is 354 g/mol. The van der Waals surface area contributed by atoms with Gasteiger partial charge >= 0.3 is 0 Å². The number of carbonyl (C=O) groups excluding carboxylic acids is 1. The standard InChI is InChI=1S/C21H23FN2O2/c1-4-26-17-7-5-6-15(10-17)13(2)24-21(25)12-18-14(3)23-20-9-8-16(22)11-19(18)20/h5-11,13,23H,4,12H2,1-3H3,(H,24,25). The maximum atomic E-state index is 13.6. The predicted molar refractivity (Wildman–Crippen MR) is 101 cm³/mol. The number of nitrogens with one attached hydrogen (secondary N) is 2. The highest BCUT2D eigenvalue weighted by atomic mass is 19.1. The number of carbonyl (C=O) groups is 1. The summed E-state index contributed by atoms with van der Waals surface area (Å²) >= 11 is 0. The number of amides is 1. The largest absolute Gasteiger partial charge is 0.494 e. The first kappa shape index (κ1) is 18.0. The fourth-order valence-electron chi connectivity index (χ4n) is 3.16. The number of H-pyrrole nitrogens is 1. The molecule has 1 atom stereocenters. The van der Waals surface area contributed by atoms with Gasteiger partial charge in [0.1, 0.15) is 11.6 Å². The molecule has 2 aromatic carbocycles. The fraction of sp³-hybridized carbons (Fsp3) is 0.286. The lowest BCUT2D eigenvalue weighted by Gasteiger charge is -2.15. The fourth-order valence-corrected chi connectivity index (χ4v) is 3.16. The molecule has 0 saturated carbocycles. The first-order chi connectivity index (χ1) is 12.5. The minimum Gasteiger partial charge on any atom is -0.494 e. The lowest BCUT2D eigenvalue weighted by Crippen LogP contribution is -2.28. The van der Waals surface area contributed by atoms with E-state index in [9.17, 15) is 9.18 Å². The van der Waals surface area contributed by atoms with Crippen molar-refractivity contribution in [2.75, 3.05) is 6.61 Å². The van der Waals surface area contributed by atoms with Crippen LogP contribution in [-0.2, 0) is 11.2 Å². The number of aromatic nitrogens is 1. The minimum atomic E-state index is -0.306. The molecule has 0 radical (unpaired) electrons. The van der Waals surface area contributed by atoms with Crippen molar-refractivity contribution in [2.45, 2.75) is 33.2 Å². The normalized spacial score (nSPS) is 12.2. The summed E-state index contributed by atoms with van der Waals surface area (Å²) in [6, 6.07) is 12.1. The average molecular weight is 354 g/mol. The third-order valence-corrected chi connectivity index (χ3v) is 4.47. The van der Waals surface area contributed by atoms with E-state index in [1.807, 2.05) is 45.0 Å². The van der Waals surface area contributed by atoms with Gasteiger partial charge in [0, 0.05) is 16.6 Å². The molecule has 1 aromatic heterocycles. The number of halogens is 1. The zero-order valence-corrected chi connectivity index (χ0v) is 15.2. The lowest BCUT2D eigenvalue weighted by molar-refractivity contribution is -0.121. The van der Waals surface area contributed by atoms with Crippen molar-refractivity contribution in [1.29, 1.82) is 0 Å². The zero-order valence-electron chi connectivity index (χ0n) is 15.2. The van der Waals surface area contributed by atoms with E-state index in [4.69, 9.17) is 4.74 Å². The summed E-state index contributed by atoms with van der Waals surface area (Å²) in [4.78, 5) is 15.7. The van der Waals surface area contributed by atoms with Gasteiger partial charge < -0.3 is 15.0 Å². The topological polar surface area (TPSA) is 54.1 Å². The molecule has 0 saturated heterocycles. The molecule has 0 spiro atoms. The van der Waals surface area contributed by atoms with Crippen LogP contribution in [0.2, 0.25) is 0 Å². The van der Waals surface area contributed by atoms with Crippen LogP contribution >= 0.6 is 0 Å². The first-order valence-electron chi connectivity index (χ1n) is 8.76. The van der Waals surface area contributed by atoms with E-state index in [0.717, 1.165) is 33.5 Å². The summed E-state index contributed by atoms with van der Waals surface area (Å²) in [5, 5.41) is 3.76. The smallest absolute Gasteiger partial charge is 0.224 e. The van der Waals surface area contributed by atoms with Gasteiger partial charge in [-0.1, -0.05) is 12.1 Å². The van der Waals surface area contributed by atoms with Crippen LogP contribution in [-0.4, -0.2) is 17.5 Å². The second-order valence-electron chi connectivity index (χ2n) is 6.39. The Morgan fingerprint density at radius 3 is 2.85 bits per heavy atom. The third kappa shape index (κ3) is 3.87. The van der Waals surface area contributed by atoms with E-state index in [1.54, 1.807) is 6.07 Å². The summed E-state index contributed by atoms with van der Waals surface area (Å²) in [6.07, 6.45) is 0.199. The predicted octanol–water partition coefficient (Wildman–Crippen LogP) is 4.43. The number of rotatable bonds is 6. The van der Waals surface area contributed by atoms with Gasteiger partial charge in [0.05, 0.1) is 19.1 Å². The molecule has 3 aromatic rings. The van der Waals surface area contributed by atoms with Crippen molar-refractivity contribution in [2.24, 2.45) is 0 Å². The Bertz CT molecular complexity index is 933. The van der Waals surface area contributed by atoms with Crippen molar-refractivity contribution >= 4 is 16.8 Å². The van der Waals surface area contributed by atoms with Crippen LogP contribution < -0.4 is 10.1 Å². The van der Waals surface area contributed by atoms with E-state index in [0.29, 0.717) is 6.61 Å². The number of aromatic amines is 1. The van der Waals surface area contributed by atoms with Crippen LogP contribution in [0.5, 0.6) is 5.75 Å². The maximum absolute atomic E-state index is 13.6. The Morgan fingerprint density at radius 1 is 1.27 bits per heavy atom. The molecule has 1 unspecified atom stereocenters. The average Bonchev–Trinajstić information content (AvgIpc) is 2.90. The van der Waals surface area contributed by atoms with Crippen LogP contribution in [0.4, 0.5) is 4.39 Å². The molecule has 1 heterocycles. The third-order valence-electron chi connectivity index (χ3n) is 4.47. The van der Waals surface area contributed by atoms with Crippen LogP contribution in [0, 0.1) is 12.7 Å². The molecule has 26 heavy (non-hydrogen) atoms. The van der Waals surface area contributed by atoms with E-state index in [-0.39, 0.29) is 24.2 Å². The highest BCUT2D eigenvalue weighted by Crippen LogP contribution is 2.24. The van der Waals surface area contributed by atoms with Gasteiger partial charge in [0.25, 0.3) is 0 Å². The Morgan fingerprint density at radius 2 is 2.08 bits per heavy atom. The molecule has 2 N–H and O–H groups in total. The van der Waals surface area contributed by atoms with Crippen molar-refractivity contribution in [3.05, 3.63) is 65.1 Å². The highest BCUT2D eigenvalue weighted by molar-refractivity contribution is 5.90. The molecule has 5 heteroatoms. The Kier molecular flexibility index (Phi) is 5.26. The molecular formula is C21H23FN2O2. The first-order valence-corrected chi connectivity index (χ1v) is 8.76. The molecule has 0 bridgehead atoms. The Labute approximate surface area is 152 Å². The summed E-state index contributed by atoms with van der Waals surface area (Å²) in [5.41, 5.74) is 3.52. The summed E-state index contributed by atoms with van der Waals surface area (Å²) < 4.78 is 19.1. The Hall–Kier alpha value is -2.82. The Balaban J connectivity index is 1.74. The van der Waals surface area contributed by atoms with Crippen molar-refractivity contribution in [3.63, 3.8) is 0 Å². The van der Waals surface area contributed by atoms with Gasteiger partial charge in [-0.25, -0.2) is 4.39 Å². The molecule has 4 nitrogen and oxygen atoms in total. The number of hydrogen-bond acceptors (Lipinski definition) is 2. The molecule has 3 rings (SSSR count). The number of fused-ring (bicyclic) bond motifs is 1. The van der Waals surface area contributed by atoms with Crippen molar-refractivity contribution in [3.8, 4) is 5.75 Å². The number of hydrogen-bond donors (Lipinski definition) is 2. The van der Waals surface area contributed by atoms with E-state index in [2.05, 4.69) is 10.3 Å².